The lowest BCUT2D eigenvalue weighted by Crippen LogP contribution is -2.18. The van der Waals surface area contributed by atoms with E-state index in [2.05, 4.69) is 46.3 Å². The molecule has 0 saturated carbocycles. The largest absolute Gasteiger partial charge is 0.360 e. The Bertz CT molecular complexity index is 956. The van der Waals surface area contributed by atoms with E-state index in [9.17, 15) is 9.59 Å². The van der Waals surface area contributed by atoms with Crippen LogP contribution in [0.2, 0.25) is 0 Å². The number of hydrogen-bond acceptors (Lipinski definition) is 5. The minimum atomic E-state index is -0.229. The summed E-state index contributed by atoms with van der Waals surface area (Å²) < 4.78 is 7.03. The van der Waals surface area contributed by atoms with E-state index in [1.54, 1.807) is 13.0 Å². The summed E-state index contributed by atoms with van der Waals surface area (Å²) in [7, 11) is 0. The van der Waals surface area contributed by atoms with E-state index in [1.165, 1.54) is 11.8 Å². The number of anilines is 2. The standard InChI is InChI=1S/C20H22N4O3S/c1-13-4-5-14(2)24(13)17-8-6-16(7-9-17)21-19(25)11-28-12-20(26)22-18-10-15(3)27-23-18/h4-10H,11-12H2,1-3H3,(H,21,25)(H,22,23,26). The Kier molecular flexibility index (Phi) is 6.20. The second kappa shape index (κ2) is 8.79. The zero-order valence-corrected chi connectivity index (χ0v) is 16.8. The van der Waals surface area contributed by atoms with Crippen molar-refractivity contribution in [3.63, 3.8) is 0 Å². The Hall–Kier alpha value is -3.00. The van der Waals surface area contributed by atoms with E-state index < -0.39 is 0 Å². The van der Waals surface area contributed by atoms with Gasteiger partial charge in [-0.05, 0) is 57.2 Å². The minimum absolute atomic E-state index is 0.156. The SMILES string of the molecule is Cc1cc(NC(=O)CSCC(=O)Nc2ccc(-n3c(C)ccc3C)cc2)no1. The maximum atomic E-state index is 12.1. The van der Waals surface area contributed by atoms with Gasteiger partial charge in [-0.15, -0.1) is 11.8 Å². The predicted molar refractivity (Wildman–Crippen MR) is 111 cm³/mol. The maximum Gasteiger partial charge on any atom is 0.235 e. The van der Waals surface area contributed by atoms with Crippen molar-refractivity contribution in [2.24, 2.45) is 0 Å². The molecule has 28 heavy (non-hydrogen) atoms. The fourth-order valence-corrected chi connectivity index (χ4v) is 3.42. The van der Waals surface area contributed by atoms with Crippen LogP contribution in [0.4, 0.5) is 11.5 Å². The number of rotatable bonds is 7. The lowest BCUT2D eigenvalue weighted by Gasteiger charge is -2.11. The predicted octanol–water partition coefficient (Wildman–Crippen LogP) is 3.70. The summed E-state index contributed by atoms with van der Waals surface area (Å²) in [5.74, 6) is 0.952. The van der Waals surface area contributed by atoms with Crippen LogP contribution in [0.25, 0.3) is 5.69 Å². The summed E-state index contributed by atoms with van der Waals surface area (Å²) >= 11 is 1.23. The molecule has 2 amide bonds. The second-order valence-electron chi connectivity index (χ2n) is 6.41. The number of carbonyl (C=O) groups excluding carboxylic acids is 2. The van der Waals surface area contributed by atoms with Crippen molar-refractivity contribution in [3.8, 4) is 5.69 Å². The van der Waals surface area contributed by atoms with Gasteiger partial charge in [0.15, 0.2) is 5.82 Å². The van der Waals surface area contributed by atoms with Gasteiger partial charge in [0.05, 0.1) is 11.5 Å². The highest BCUT2D eigenvalue weighted by atomic mass is 32.2. The summed E-state index contributed by atoms with van der Waals surface area (Å²) in [5, 5.41) is 9.15. The van der Waals surface area contributed by atoms with Gasteiger partial charge in [0.2, 0.25) is 11.8 Å². The number of amides is 2. The average molecular weight is 398 g/mol. The molecule has 0 aliphatic carbocycles. The topological polar surface area (TPSA) is 89.2 Å². The first-order valence-electron chi connectivity index (χ1n) is 8.78. The van der Waals surface area contributed by atoms with E-state index in [0.717, 1.165) is 22.8 Å². The fourth-order valence-electron chi connectivity index (χ4n) is 2.81. The highest BCUT2D eigenvalue weighted by Crippen LogP contribution is 2.19. The summed E-state index contributed by atoms with van der Waals surface area (Å²) in [6, 6.07) is 13.5. The number of nitrogens with one attached hydrogen (secondary N) is 2. The van der Waals surface area contributed by atoms with Crippen molar-refractivity contribution in [2.45, 2.75) is 20.8 Å². The number of nitrogens with zero attached hydrogens (tertiary/aromatic N) is 2. The minimum Gasteiger partial charge on any atom is -0.360 e. The van der Waals surface area contributed by atoms with Crippen LogP contribution in [0.1, 0.15) is 17.1 Å². The number of thioether (sulfide) groups is 1. The Morgan fingerprint density at radius 2 is 1.57 bits per heavy atom. The highest BCUT2D eigenvalue weighted by molar-refractivity contribution is 8.00. The molecule has 1 aromatic carbocycles. The molecule has 0 atom stereocenters. The molecular weight excluding hydrogens is 376 g/mol. The molecule has 2 aromatic heterocycles. The van der Waals surface area contributed by atoms with Gasteiger partial charge >= 0.3 is 0 Å². The molecule has 0 unspecified atom stereocenters. The molecule has 0 fully saturated rings. The second-order valence-corrected chi connectivity index (χ2v) is 7.40. The molecule has 146 valence electrons. The third kappa shape index (κ3) is 5.04. The van der Waals surface area contributed by atoms with E-state index in [4.69, 9.17) is 4.52 Å². The third-order valence-electron chi connectivity index (χ3n) is 4.04. The third-order valence-corrected chi connectivity index (χ3v) is 4.97. The smallest absolute Gasteiger partial charge is 0.235 e. The molecule has 7 nitrogen and oxygen atoms in total. The number of carbonyl (C=O) groups is 2. The van der Waals surface area contributed by atoms with E-state index in [1.807, 2.05) is 24.3 Å². The molecule has 3 rings (SSSR count). The van der Waals surface area contributed by atoms with Crippen LogP contribution >= 0.6 is 11.8 Å². The maximum absolute atomic E-state index is 12.1. The van der Waals surface area contributed by atoms with Crippen LogP contribution in [-0.4, -0.2) is 33.0 Å². The molecule has 8 heteroatoms. The van der Waals surface area contributed by atoms with E-state index >= 15 is 0 Å². The average Bonchev–Trinajstić information content (AvgIpc) is 3.20. The van der Waals surface area contributed by atoms with Crippen LogP contribution < -0.4 is 10.6 Å². The summed E-state index contributed by atoms with van der Waals surface area (Å²) in [4.78, 5) is 23.9. The van der Waals surface area contributed by atoms with Crippen LogP contribution in [0, 0.1) is 20.8 Å². The molecule has 0 spiro atoms. The van der Waals surface area contributed by atoms with E-state index in [0.29, 0.717) is 11.6 Å². The van der Waals surface area contributed by atoms with E-state index in [-0.39, 0.29) is 23.3 Å². The lowest BCUT2D eigenvalue weighted by atomic mass is 10.2. The Labute approximate surface area is 167 Å². The Morgan fingerprint density at radius 1 is 0.964 bits per heavy atom. The van der Waals surface area contributed by atoms with Gasteiger partial charge in [0, 0.05) is 28.8 Å². The van der Waals surface area contributed by atoms with Crippen molar-refractivity contribution in [2.75, 3.05) is 22.1 Å². The zero-order valence-electron chi connectivity index (χ0n) is 16.0. The van der Waals surface area contributed by atoms with Crippen LogP contribution in [0.15, 0.2) is 47.0 Å². The first kappa shape index (κ1) is 19.8. The Balaban J connectivity index is 1.45. The number of benzene rings is 1. The van der Waals surface area contributed by atoms with Crippen molar-refractivity contribution in [3.05, 3.63) is 59.6 Å². The van der Waals surface area contributed by atoms with Crippen molar-refractivity contribution in [1.82, 2.24) is 9.72 Å². The van der Waals surface area contributed by atoms with Crippen molar-refractivity contribution in [1.29, 1.82) is 0 Å². The molecule has 3 aromatic rings. The zero-order chi connectivity index (χ0) is 20.1. The summed E-state index contributed by atoms with van der Waals surface area (Å²) in [6.45, 7) is 5.86. The Morgan fingerprint density at radius 3 is 2.14 bits per heavy atom. The fraction of sp³-hybridized carbons (Fsp3) is 0.250. The molecule has 2 N–H and O–H groups in total. The molecular formula is C20H22N4O3S. The first-order chi connectivity index (χ1) is 13.4. The highest BCUT2D eigenvalue weighted by Gasteiger charge is 2.09. The normalized spacial score (nSPS) is 10.7. The molecule has 0 bridgehead atoms. The number of aryl methyl sites for hydroxylation is 3. The van der Waals surface area contributed by atoms with Crippen LogP contribution in [-0.2, 0) is 9.59 Å². The molecule has 0 aliphatic rings. The van der Waals surface area contributed by atoms with Gasteiger partial charge < -0.3 is 19.7 Å². The number of aromatic nitrogens is 2. The van der Waals surface area contributed by atoms with Crippen LogP contribution in [0.5, 0.6) is 0 Å². The van der Waals surface area contributed by atoms with Gasteiger partial charge in [0.1, 0.15) is 5.76 Å². The molecule has 0 radical (unpaired) electrons. The quantitative estimate of drug-likeness (QED) is 0.633. The monoisotopic (exact) mass is 398 g/mol. The summed E-state index contributed by atoms with van der Waals surface area (Å²) in [6.07, 6.45) is 0. The van der Waals surface area contributed by atoms with Gasteiger partial charge in [-0.3, -0.25) is 9.59 Å². The molecule has 0 aliphatic heterocycles. The molecule has 2 heterocycles. The molecule has 0 saturated heterocycles. The van der Waals surface area contributed by atoms with Gasteiger partial charge in [-0.2, -0.15) is 0 Å². The van der Waals surface area contributed by atoms with Gasteiger partial charge in [-0.25, -0.2) is 0 Å². The van der Waals surface area contributed by atoms with Gasteiger partial charge in [0.25, 0.3) is 0 Å². The first-order valence-corrected chi connectivity index (χ1v) is 9.94. The van der Waals surface area contributed by atoms with Crippen molar-refractivity contribution >= 4 is 35.1 Å². The van der Waals surface area contributed by atoms with Crippen LogP contribution in [0.3, 0.4) is 0 Å². The van der Waals surface area contributed by atoms with Crippen molar-refractivity contribution < 1.29 is 14.1 Å². The summed E-state index contributed by atoms with van der Waals surface area (Å²) in [5.41, 5.74) is 4.08. The number of hydrogen-bond donors (Lipinski definition) is 2. The lowest BCUT2D eigenvalue weighted by molar-refractivity contribution is -0.114. The van der Waals surface area contributed by atoms with Gasteiger partial charge in [-0.1, -0.05) is 5.16 Å².